The molecule has 3 heteroatoms. The lowest BCUT2D eigenvalue weighted by atomic mass is 10.3. The molecule has 0 aliphatic carbocycles. The van der Waals surface area contributed by atoms with E-state index >= 15 is 0 Å². The molecule has 1 aliphatic rings. The smallest absolute Gasteiger partial charge is 0.147 e. The van der Waals surface area contributed by atoms with E-state index in [0.29, 0.717) is 5.69 Å². The van der Waals surface area contributed by atoms with Gasteiger partial charge in [-0.25, -0.2) is 4.39 Å². The van der Waals surface area contributed by atoms with Crippen LogP contribution in [0.2, 0.25) is 0 Å². The highest BCUT2D eigenvalue weighted by atomic mass is 32.2. The number of halogens is 1. The van der Waals surface area contributed by atoms with Crippen LogP contribution in [0.1, 0.15) is 0 Å². The summed E-state index contributed by atoms with van der Waals surface area (Å²) in [5, 5.41) is 0. The molecule has 0 aromatic heterocycles. The lowest BCUT2D eigenvalue weighted by Crippen LogP contribution is -2.02. The standard InChI is InChI=1S/C9H8FNS/c10-8-4-1-2-5-9(8)11-6-3-7-12-11/h1-6H,7H2. The van der Waals surface area contributed by atoms with Crippen LogP contribution in [0.4, 0.5) is 10.1 Å². The molecule has 0 bridgehead atoms. The van der Waals surface area contributed by atoms with E-state index in [-0.39, 0.29) is 5.82 Å². The van der Waals surface area contributed by atoms with E-state index in [1.54, 1.807) is 24.1 Å². The third-order valence-corrected chi connectivity index (χ3v) is 2.58. The van der Waals surface area contributed by atoms with Crippen LogP contribution in [0.3, 0.4) is 0 Å². The van der Waals surface area contributed by atoms with Crippen molar-refractivity contribution >= 4 is 17.6 Å². The van der Waals surface area contributed by atoms with E-state index in [4.69, 9.17) is 0 Å². The number of benzene rings is 1. The molecule has 0 atom stereocenters. The fourth-order valence-corrected chi connectivity index (χ4v) is 1.88. The number of nitrogens with zero attached hydrogens (tertiary/aromatic N) is 1. The summed E-state index contributed by atoms with van der Waals surface area (Å²) < 4.78 is 15.0. The van der Waals surface area contributed by atoms with Crippen molar-refractivity contribution in [3.63, 3.8) is 0 Å². The monoisotopic (exact) mass is 181 g/mol. The van der Waals surface area contributed by atoms with Crippen molar-refractivity contribution in [1.82, 2.24) is 0 Å². The van der Waals surface area contributed by atoms with Crippen molar-refractivity contribution in [2.75, 3.05) is 10.1 Å². The minimum Gasteiger partial charge on any atom is -0.289 e. The van der Waals surface area contributed by atoms with Gasteiger partial charge in [0.1, 0.15) is 5.82 Å². The van der Waals surface area contributed by atoms with Crippen LogP contribution in [0.15, 0.2) is 36.5 Å². The molecule has 0 saturated carbocycles. The Kier molecular flexibility index (Phi) is 2.04. The van der Waals surface area contributed by atoms with E-state index in [1.165, 1.54) is 6.07 Å². The summed E-state index contributed by atoms with van der Waals surface area (Å²) in [4.78, 5) is 0. The molecule has 0 spiro atoms. The maximum atomic E-state index is 13.2. The molecular formula is C9H8FNS. The molecule has 1 aromatic rings. The molecule has 0 saturated heterocycles. The molecule has 0 unspecified atom stereocenters. The predicted octanol–water partition coefficient (Wildman–Crippen LogP) is 2.81. The van der Waals surface area contributed by atoms with Gasteiger partial charge >= 0.3 is 0 Å². The Bertz CT molecular complexity index is 311. The van der Waals surface area contributed by atoms with Crippen LogP contribution in [-0.4, -0.2) is 5.75 Å². The quantitative estimate of drug-likeness (QED) is 0.613. The van der Waals surface area contributed by atoms with Gasteiger partial charge in [-0.05, 0) is 24.1 Å². The van der Waals surface area contributed by atoms with E-state index in [2.05, 4.69) is 0 Å². The SMILES string of the molecule is Fc1ccccc1N1C=CCS1. The highest BCUT2D eigenvalue weighted by molar-refractivity contribution is 8.01. The Balaban J connectivity index is 2.33. The second-order valence-corrected chi connectivity index (χ2v) is 3.44. The van der Waals surface area contributed by atoms with E-state index < -0.39 is 0 Å². The summed E-state index contributed by atoms with van der Waals surface area (Å²) >= 11 is 1.59. The van der Waals surface area contributed by atoms with Gasteiger partial charge in [-0.2, -0.15) is 0 Å². The summed E-state index contributed by atoms with van der Waals surface area (Å²) in [7, 11) is 0. The van der Waals surface area contributed by atoms with E-state index in [1.807, 2.05) is 22.6 Å². The van der Waals surface area contributed by atoms with Crippen molar-refractivity contribution < 1.29 is 4.39 Å². The fourth-order valence-electron chi connectivity index (χ4n) is 1.09. The van der Waals surface area contributed by atoms with Crippen molar-refractivity contribution in [2.24, 2.45) is 0 Å². The second-order valence-electron chi connectivity index (χ2n) is 2.46. The lowest BCUT2D eigenvalue weighted by molar-refractivity contribution is 0.630. The molecule has 1 aromatic carbocycles. The first-order valence-corrected chi connectivity index (χ1v) is 4.65. The zero-order valence-corrected chi connectivity index (χ0v) is 7.22. The molecule has 2 rings (SSSR count). The highest BCUT2D eigenvalue weighted by Gasteiger charge is 2.11. The molecule has 62 valence electrons. The number of hydrogen-bond acceptors (Lipinski definition) is 2. The fraction of sp³-hybridized carbons (Fsp3) is 0.111. The Labute approximate surface area is 75.0 Å². The molecule has 1 nitrogen and oxygen atoms in total. The van der Waals surface area contributed by atoms with Gasteiger partial charge in [0.2, 0.25) is 0 Å². The maximum Gasteiger partial charge on any atom is 0.147 e. The van der Waals surface area contributed by atoms with Gasteiger partial charge in [0.25, 0.3) is 0 Å². The lowest BCUT2D eigenvalue weighted by Gasteiger charge is -2.13. The van der Waals surface area contributed by atoms with Gasteiger partial charge in [-0.15, -0.1) is 0 Å². The normalized spacial score (nSPS) is 15.6. The highest BCUT2D eigenvalue weighted by Crippen LogP contribution is 2.28. The van der Waals surface area contributed by atoms with Crippen LogP contribution in [0, 0.1) is 5.82 Å². The zero-order chi connectivity index (χ0) is 8.39. The molecule has 0 N–H and O–H groups in total. The van der Waals surface area contributed by atoms with Crippen LogP contribution in [0.5, 0.6) is 0 Å². The first-order chi connectivity index (χ1) is 5.88. The van der Waals surface area contributed by atoms with Crippen molar-refractivity contribution in [3.05, 3.63) is 42.4 Å². The maximum absolute atomic E-state index is 13.2. The molecule has 0 fully saturated rings. The Morgan fingerprint density at radius 1 is 1.33 bits per heavy atom. The topological polar surface area (TPSA) is 3.24 Å². The number of hydrogen-bond donors (Lipinski definition) is 0. The number of anilines is 1. The van der Waals surface area contributed by atoms with Gasteiger partial charge in [-0.3, -0.25) is 4.31 Å². The number of para-hydroxylation sites is 1. The average molecular weight is 181 g/mol. The van der Waals surface area contributed by atoms with Crippen LogP contribution in [0.25, 0.3) is 0 Å². The zero-order valence-electron chi connectivity index (χ0n) is 6.40. The summed E-state index contributed by atoms with van der Waals surface area (Å²) in [6.07, 6.45) is 3.90. The minimum absolute atomic E-state index is 0.170. The van der Waals surface area contributed by atoms with Crippen molar-refractivity contribution in [2.45, 2.75) is 0 Å². The average Bonchev–Trinajstić information content (AvgIpc) is 2.57. The number of rotatable bonds is 1. The largest absolute Gasteiger partial charge is 0.289 e. The third-order valence-electron chi connectivity index (χ3n) is 1.64. The molecule has 0 amide bonds. The van der Waals surface area contributed by atoms with Crippen molar-refractivity contribution in [1.29, 1.82) is 0 Å². The van der Waals surface area contributed by atoms with Crippen LogP contribution >= 0.6 is 11.9 Å². The van der Waals surface area contributed by atoms with Gasteiger partial charge in [0.05, 0.1) is 5.69 Å². The first-order valence-electron chi connectivity index (χ1n) is 3.71. The molecular weight excluding hydrogens is 173 g/mol. The second kappa shape index (κ2) is 3.19. The van der Waals surface area contributed by atoms with Gasteiger partial charge in [0.15, 0.2) is 0 Å². The Morgan fingerprint density at radius 3 is 2.83 bits per heavy atom. The molecule has 1 aliphatic heterocycles. The Morgan fingerprint density at radius 2 is 2.17 bits per heavy atom. The molecule has 0 radical (unpaired) electrons. The predicted molar refractivity (Wildman–Crippen MR) is 50.5 cm³/mol. The minimum atomic E-state index is -0.170. The Hall–Kier alpha value is -0.960. The molecule has 12 heavy (non-hydrogen) atoms. The summed E-state index contributed by atoms with van der Waals surface area (Å²) in [6.45, 7) is 0. The first kappa shape index (κ1) is 7.68. The van der Waals surface area contributed by atoms with Gasteiger partial charge in [-0.1, -0.05) is 18.2 Å². The van der Waals surface area contributed by atoms with Gasteiger partial charge in [0, 0.05) is 12.0 Å². The molecule has 1 heterocycles. The van der Waals surface area contributed by atoms with E-state index in [9.17, 15) is 4.39 Å². The summed E-state index contributed by atoms with van der Waals surface area (Å²) in [5.41, 5.74) is 0.635. The van der Waals surface area contributed by atoms with Crippen molar-refractivity contribution in [3.8, 4) is 0 Å². The van der Waals surface area contributed by atoms with Crippen LogP contribution in [-0.2, 0) is 0 Å². The summed E-state index contributed by atoms with van der Waals surface area (Å²) in [5.74, 6) is 0.755. The van der Waals surface area contributed by atoms with Crippen LogP contribution < -0.4 is 4.31 Å². The third kappa shape index (κ3) is 1.32. The summed E-state index contributed by atoms with van der Waals surface area (Å²) in [6, 6.07) is 6.79. The van der Waals surface area contributed by atoms with E-state index in [0.717, 1.165) is 5.75 Å². The van der Waals surface area contributed by atoms with Gasteiger partial charge < -0.3 is 0 Å².